The molecule has 0 bridgehead atoms. The summed E-state index contributed by atoms with van der Waals surface area (Å²) in [6.45, 7) is 22.9. The largest absolute Gasteiger partial charge is 0.314 e. The van der Waals surface area contributed by atoms with Gasteiger partial charge in [-0.1, -0.05) is 13.3 Å². The lowest BCUT2D eigenvalue weighted by atomic mass is 9.71. The molecule has 3 heteroatoms. The van der Waals surface area contributed by atoms with Crippen molar-refractivity contribution in [2.45, 2.75) is 135 Å². The average Bonchev–Trinajstić information content (AvgIpc) is 2.31. The maximum Gasteiger partial charge on any atom is 0.0176 e. The Bertz CT molecular complexity index is 416. The molecule has 0 atom stereocenters. The highest BCUT2D eigenvalue weighted by Gasteiger charge is 2.51. The second kappa shape index (κ2) is 7.13. The Kier molecular flexibility index (Phi) is 6.04. The molecule has 0 spiro atoms. The van der Waals surface area contributed by atoms with Crippen molar-refractivity contribution in [2.75, 3.05) is 6.54 Å². The van der Waals surface area contributed by atoms with Crippen molar-refractivity contribution in [1.29, 1.82) is 0 Å². The van der Waals surface area contributed by atoms with Crippen molar-refractivity contribution in [1.82, 2.24) is 15.5 Å². The predicted octanol–water partition coefficient (Wildman–Crippen LogP) is 4.71. The van der Waals surface area contributed by atoms with Crippen LogP contribution in [0.3, 0.4) is 0 Å². The summed E-state index contributed by atoms with van der Waals surface area (Å²) < 4.78 is 0. The molecule has 0 aromatic rings. The van der Waals surface area contributed by atoms with E-state index in [4.69, 9.17) is 0 Å². The zero-order valence-electron chi connectivity index (χ0n) is 18.6. The fourth-order valence-corrected chi connectivity index (χ4v) is 6.36. The van der Waals surface area contributed by atoms with Crippen LogP contribution in [0.5, 0.6) is 0 Å². The topological polar surface area (TPSA) is 27.3 Å². The third-order valence-electron chi connectivity index (χ3n) is 6.29. The molecule has 0 aromatic heterocycles. The minimum absolute atomic E-state index is 0.203. The summed E-state index contributed by atoms with van der Waals surface area (Å²) in [5.41, 5.74) is 0.878. The SMILES string of the molecule is CCCCNC1CC(C)(C)N(C2CC(C)(C)NC(C)(C)C2)C(C)(C)C1. The molecule has 148 valence electrons. The van der Waals surface area contributed by atoms with Crippen LogP contribution in [0.1, 0.15) is 101 Å². The Morgan fingerprint density at radius 1 is 0.840 bits per heavy atom. The lowest BCUT2D eigenvalue weighted by molar-refractivity contribution is -0.0975. The number of piperidine rings is 2. The first-order valence-corrected chi connectivity index (χ1v) is 10.6. The van der Waals surface area contributed by atoms with Crippen LogP contribution in [-0.2, 0) is 0 Å². The van der Waals surface area contributed by atoms with Crippen LogP contribution in [0.25, 0.3) is 0 Å². The van der Waals surface area contributed by atoms with Gasteiger partial charge in [0, 0.05) is 34.2 Å². The van der Waals surface area contributed by atoms with E-state index >= 15 is 0 Å². The van der Waals surface area contributed by atoms with Gasteiger partial charge in [-0.3, -0.25) is 4.90 Å². The standard InChI is InChI=1S/C22H45N3/c1-10-11-12-23-17-13-21(6,7)25(22(8,9)14-17)18-15-19(2,3)24-20(4,5)16-18/h17-18,23-24H,10-16H2,1-9H3. The van der Waals surface area contributed by atoms with E-state index in [9.17, 15) is 0 Å². The van der Waals surface area contributed by atoms with Crippen molar-refractivity contribution in [3.05, 3.63) is 0 Å². The van der Waals surface area contributed by atoms with Crippen LogP contribution in [0.15, 0.2) is 0 Å². The first kappa shape index (κ1) is 21.2. The quantitative estimate of drug-likeness (QED) is 0.703. The van der Waals surface area contributed by atoms with Crippen molar-refractivity contribution in [3.63, 3.8) is 0 Å². The molecule has 2 heterocycles. The molecule has 2 N–H and O–H groups in total. The van der Waals surface area contributed by atoms with E-state index in [0.29, 0.717) is 12.1 Å². The third-order valence-corrected chi connectivity index (χ3v) is 6.29. The summed E-state index contributed by atoms with van der Waals surface area (Å²) in [7, 11) is 0. The number of hydrogen-bond donors (Lipinski definition) is 2. The van der Waals surface area contributed by atoms with Gasteiger partial charge in [-0.05, 0) is 94.0 Å². The van der Waals surface area contributed by atoms with Crippen LogP contribution in [0.2, 0.25) is 0 Å². The molecule has 2 aliphatic rings. The fourth-order valence-electron chi connectivity index (χ4n) is 6.36. The van der Waals surface area contributed by atoms with E-state index in [1.54, 1.807) is 0 Å². The van der Waals surface area contributed by atoms with Crippen molar-refractivity contribution >= 4 is 0 Å². The predicted molar refractivity (Wildman–Crippen MR) is 110 cm³/mol. The molecule has 0 aromatic carbocycles. The Morgan fingerprint density at radius 2 is 1.32 bits per heavy atom. The van der Waals surface area contributed by atoms with Gasteiger partial charge in [-0.2, -0.15) is 0 Å². The molecule has 2 aliphatic heterocycles. The highest BCUT2D eigenvalue weighted by atomic mass is 15.3. The first-order valence-electron chi connectivity index (χ1n) is 10.6. The molecule has 0 aliphatic carbocycles. The normalized spacial score (nSPS) is 29.6. The number of nitrogens with one attached hydrogen (secondary N) is 2. The molecular weight excluding hydrogens is 306 g/mol. The lowest BCUT2D eigenvalue weighted by Crippen LogP contribution is -2.71. The van der Waals surface area contributed by atoms with Crippen molar-refractivity contribution in [2.24, 2.45) is 0 Å². The number of likely N-dealkylation sites (tertiary alicyclic amines) is 1. The molecule has 0 amide bonds. The van der Waals surface area contributed by atoms with Gasteiger partial charge in [0.05, 0.1) is 0 Å². The average molecular weight is 352 g/mol. The Hall–Kier alpha value is -0.120. The van der Waals surface area contributed by atoms with E-state index in [-0.39, 0.29) is 22.2 Å². The molecule has 0 radical (unpaired) electrons. The van der Waals surface area contributed by atoms with Crippen LogP contribution >= 0.6 is 0 Å². The minimum atomic E-state index is 0.203. The van der Waals surface area contributed by atoms with Gasteiger partial charge in [0.25, 0.3) is 0 Å². The zero-order chi connectivity index (χ0) is 19.1. The third kappa shape index (κ3) is 5.20. The highest BCUT2D eigenvalue weighted by Crippen LogP contribution is 2.44. The molecule has 25 heavy (non-hydrogen) atoms. The molecule has 0 unspecified atom stereocenters. The molecule has 2 rings (SSSR count). The van der Waals surface area contributed by atoms with Gasteiger partial charge in [0.2, 0.25) is 0 Å². The molecule has 0 saturated carbocycles. The van der Waals surface area contributed by atoms with Gasteiger partial charge in [0.15, 0.2) is 0 Å². The van der Waals surface area contributed by atoms with Crippen LogP contribution < -0.4 is 10.6 Å². The first-order chi connectivity index (χ1) is 11.3. The van der Waals surface area contributed by atoms with Gasteiger partial charge in [-0.25, -0.2) is 0 Å². The van der Waals surface area contributed by atoms with E-state index < -0.39 is 0 Å². The Labute approximate surface area is 157 Å². The van der Waals surface area contributed by atoms with Gasteiger partial charge < -0.3 is 10.6 Å². The highest BCUT2D eigenvalue weighted by molar-refractivity contribution is 5.09. The fraction of sp³-hybridized carbons (Fsp3) is 1.00. The van der Waals surface area contributed by atoms with Crippen LogP contribution in [0.4, 0.5) is 0 Å². The van der Waals surface area contributed by atoms with Gasteiger partial charge >= 0.3 is 0 Å². The second-order valence-electron chi connectivity index (χ2n) is 11.4. The number of unbranched alkanes of at least 4 members (excludes halogenated alkanes) is 1. The van der Waals surface area contributed by atoms with E-state index in [0.717, 1.165) is 0 Å². The summed E-state index contributed by atoms with van der Waals surface area (Å²) >= 11 is 0. The summed E-state index contributed by atoms with van der Waals surface area (Å²) in [5.74, 6) is 0. The number of nitrogens with zero attached hydrogens (tertiary/aromatic N) is 1. The summed E-state index contributed by atoms with van der Waals surface area (Å²) in [6.07, 6.45) is 7.54. The van der Waals surface area contributed by atoms with Crippen LogP contribution in [-0.4, -0.2) is 45.7 Å². The van der Waals surface area contributed by atoms with Gasteiger partial charge in [0.1, 0.15) is 0 Å². The van der Waals surface area contributed by atoms with Crippen molar-refractivity contribution in [3.8, 4) is 0 Å². The lowest BCUT2D eigenvalue weighted by Gasteiger charge is -2.62. The number of hydrogen-bond acceptors (Lipinski definition) is 3. The Morgan fingerprint density at radius 3 is 1.76 bits per heavy atom. The van der Waals surface area contributed by atoms with E-state index in [1.165, 1.54) is 45.1 Å². The zero-order valence-corrected chi connectivity index (χ0v) is 18.6. The molecule has 2 fully saturated rings. The Balaban J connectivity index is 2.19. The molecule has 3 nitrogen and oxygen atoms in total. The smallest absolute Gasteiger partial charge is 0.0176 e. The van der Waals surface area contributed by atoms with Crippen LogP contribution in [0, 0.1) is 0 Å². The van der Waals surface area contributed by atoms with Gasteiger partial charge in [-0.15, -0.1) is 0 Å². The molecule has 2 saturated heterocycles. The monoisotopic (exact) mass is 351 g/mol. The minimum Gasteiger partial charge on any atom is -0.314 e. The maximum atomic E-state index is 3.86. The summed E-state index contributed by atoms with van der Waals surface area (Å²) in [4.78, 5) is 2.89. The summed E-state index contributed by atoms with van der Waals surface area (Å²) in [5, 5.41) is 7.71. The molecular formula is C22H45N3. The van der Waals surface area contributed by atoms with Crippen molar-refractivity contribution < 1.29 is 0 Å². The second-order valence-corrected chi connectivity index (χ2v) is 11.4. The van der Waals surface area contributed by atoms with E-state index in [2.05, 4.69) is 77.8 Å². The maximum absolute atomic E-state index is 3.86. The summed E-state index contributed by atoms with van der Waals surface area (Å²) in [6, 6.07) is 1.29. The van der Waals surface area contributed by atoms with E-state index in [1.807, 2.05) is 0 Å². The number of rotatable bonds is 5.